The number of aromatic nitrogens is 2. The van der Waals surface area contributed by atoms with Crippen LogP contribution in [-0.4, -0.2) is 16.0 Å². The number of hydrogen-bond acceptors (Lipinski definition) is 5. The highest BCUT2D eigenvalue weighted by atomic mass is 16.5. The van der Waals surface area contributed by atoms with Crippen molar-refractivity contribution < 1.29 is 9.32 Å². The molecule has 1 aromatic carbocycles. The van der Waals surface area contributed by atoms with Gasteiger partial charge >= 0.3 is 0 Å². The average molecular weight is 350 g/mol. The first-order valence-electron chi connectivity index (χ1n) is 8.89. The van der Waals surface area contributed by atoms with Gasteiger partial charge in [-0.25, -0.2) is 4.98 Å². The summed E-state index contributed by atoms with van der Waals surface area (Å²) in [6.07, 6.45) is 0. The maximum Gasteiger partial charge on any atom is 0.259 e. The molecule has 0 aliphatic carbocycles. The van der Waals surface area contributed by atoms with Crippen molar-refractivity contribution in [2.45, 2.75) is 46.3 Å². The summed E-state index contributed by atoms with van der Waals surface area (Å²) in [6.45, 7) is 8.19. The molecule has 0 radical (unpaired) electrons. The number of amides is 1. The van der Waals surface area contributed by atoms with Gasteiger partial charge in [-0.1, -0.05) is 37.2 Å². The van der Waals surface area contributed by atoms with E-state index in [-0.39, 0.29) is 11.8 Å². The van der Waals surface area contributed by atoms with E-state index in [4.69, 9.17) is 4.52 Å². The number of carbonyl (C=O) groups is 1. The second-order valence-corrected chi connectivity index (χ2v) is 7.10. The van der Waals surface area contributed by atoms with E-state index < -0.39 is 0 Å². The van der Waals surface area contributed by atoms with Crippen molar-refractivity contribution in [3.05, 3.63) is 57.9 Å². The Kier molecular flexibility index (Phi) is 4.20. The standard InChI is InChI=1S/C20H22N4O2/c1-11(2)18-17-16(6-12(3)23-20(17)26-24-18)19(25)22-8-13-4-5-14-9-21-10-15(14)7-13/h4-7,11,21H,8-10H2,1-3H3,(H,22,25). The summed E-state index contributed by atoms with van der Waals surface area (Å²) in [4.78, 5) is 17.2. The summed E-state index contributed by atoms with van der Waals surface area (Å²) in [5.74, 6) is 0.0146. The van der Waals surface area contributed by atoms with Gasteiger partial charge in [-0.2, -0.15) is 0 Å². The second-order valence-electron chi connectivity index (χ2n) is 7.10. The lowest BCUT2D eigenvalue weighted by Crippen LogP contribution is -2.23. The summed E-state index contributed by atoms with van der Waals surface area (Å²) >= 11 is 0. The van der Waals surface area contributed by atoms with E-state index >= 15 is 0 Å². The van der Waals surface area contributed by atoms with Crippen LogP contribution in [0.25, 0.3) is 11.1 Å². The van der Waals surface area contributed by atoms with Crippen molar-refractivity contribution in [1.82, 2.24) is 20.8 Å². The number of benzene rings is 1. The number of aryl methyl sites for hydroxylation is 1. The number of fused-ring (bicyclic) bond motifs is 2. The normalized spacial score (nSPS) is 13.4. The minimum atomic E-state index is -0.135. The van der Waals surface area contributed by atoms with Gasteiger partial charge in [-0.3, -0.25) is 4.79 Å². The van der Waals surface area contributed by atoms with Crippen molar-refractivity contribution in [3.63, 3.8) is 0 Å². The molecule has 3 aromatic rings. The lowest BCUT2D eigenvalue weighted by molar-refractivity contribution is 0.0952. The summed E-state index contributed by atoms with van der Waals surface area (Å²) < 4.78 is 5.35. The second kappa shape index (κ2) is 6.53. The molecule has 0 fully saturated rings. The van der Waals surface area contributed by atoms with E-state index in [1.165, 1.54) is 11.1 Å². The van der Waals surface area contributed by atoms with E-state index in [0.717, 1.165) is 30.0 Å². The maximum absolute atomic E-state index is 12.9. The molecule has 26 heavy (non-hydrogen) atoms. The van der Waals surface area contributed by atoms with E-state index in [1.54, 1.807) is 6.07 Å². The third kappa shape index (κ3) is 2.97. The molecule has 2 N–H and O–H groups in total. The van der Waals surface area contributed by atoms with Crippen LogP contribution in [0.4, 0.5) is 0 Å². The Morgan fingerprint density at radius 3 is 2.88 bits per heavy atom. The molecule has 134 valence electrons. The number of nitrogens with zero attached hydrogens (tertiary/aromatic N) is 2. The molecule has 1 amide bonds. The third-order valence-electron chi connectivity index (χ3n) is 4.75. The number of pyridine rings is 1. The molecule has 3 heterocycles. The lowest BCUT2D eigenvalue weighted by Gasteiger charge is -2.09. The van der Waals surface area contributed by atoms with Gasteiger partial charge in [-0.15, -0.1) is 0 Å². The molecule has 0 bridgehead atoms. The summed E-state index contributed by atoms with van der Waals surface area (Å²) in [6, 6.07) is 8.15. The van der Waals surface area contributed by atoms with E-state index in [1.807, 2.05) is 20.8 Å². The minimum absolute atomic E-state index is 0.135. The topological polar surface area (TPSA) is 80.0 Å². The number of hydrogen-bond donors (Lipinski definition) is 2. The average Bonchev–Trinajstić information content (AvgIpc) is 3.24. The fourth-order valence-corrected chi connectivity index (χ4v) is 3.41. The minimum Gasteiger partial charge on any atom is -0.348 e. The van der Waals surface area contributed by atoms with Crippen LogP contribution in [0.2, 0.25) is 0 Å². The molecule has 0 atom stereocenters. The van der Waals surface area contributed by atoms with Gasteiger partial charge in [0, 0.05) is 25.3 Å². The van der Waals surface area contributed by atoms with Crippen LogP contribution in [0.5, 0.6) is 0 Å². The summed E-state index contributed by atoms with van der Waals surface area (Å²) in [5, 5.41) is 11.2. The van der Waals surface area contributed by atoms with Crippen LogP contribution in [0.1, 0.15) is 58.2 Å². The third-order valence-corrected chi connectivity index (χ3v) is 4.75. The lowest BCUT2D eigenvalue weighted by atomic mass is 10.0. The summed E-state index contributed by atoms with van der Waals surface area (Å²) in [5.41, 5.74) is 6.22. The maximum atomic E-state index is 12.9. The van der Waals surface area contributed by atoms with Gasteiger partial charge in [0.05, 0.1) is 16.6 Å². The van der Waals surface area contributed by atoms with E-state index in [2.05, 4.69) is 39.0 Å². The zero-order chi connectivity index (χ0) is 18.3. The first-order valence-corrected chi connectivity index (χ1v) is 8.89. The van der Waals surface area contributed by atoms with Crippen molar-refractivity contribution >= 4 is 17.0 Å². The Morgan fingerprint density at radius 1 is 1.27 bits per heavy atom. The molecule has 0 saturated carbocycles. The zero-order valence-electron chi connectivity index (χ0n) is 15.2. The van der Waals surface area contributed by atoms with Crippen molar-refractivity contribution in [2.24, 2.45) is 0 Å². The Hall–Kier alpha value is -2.73. The van der Waals surface area contributed by atoms with Gasteiger partial charge in [0.2, 0.25) is 0 Å². The predicted octanol–water partition coefficient (Wildman–Crippen LogP) is 3.19. The first-order chi connectivity index (χ1) is 12.5. The monoisotopic (exact) mass is 350 g/mol. The van der Waals surface area contributed by atoms with Crippen LogP contribution in [0, 0.1) is 6.92 Å². The van der Waals surface area contributed by atoms with Gasteiger partial charge in [-0.05, 0) is 35.6 Å². The van der Waals surface area contributed by atoms with Gasteiger partial charge in [0.15, 0.2) is 0 Å². The highest BCUT2D eigenvalue weighted by Gasteiger charge is 2.21. The van der Waals surface area contributed by atoms with Gasteiger partial charge in [0.25, 0.3) is 11.6 Å². The molecule has 4 rings (SSSR count). The smallest absolute Gasteiger partial charge is 0.259 e. The largest absolute Gasteiger partial charge is 0.348 e. The quantitative estimate of drug-likeness (QED) is 0.755. The molecule has 2 aromatic heterocycles. The van der Waals surface area contributed by atoms with Crippen LogP contribution >= 0.6 is 0 Å². The molecule has 1 aliphatic heterocycles. The molecule has 6 nitrogen and oxygen atoms in total. The van der Waals surface area contributed by atoms with Crippen LogP contribution in [0.15, 0.2) is 28.8 Å². The molecule has 1 aliphatic rings. The van der Waals surface area contributed by atoms with E-state index in [9.17, 15) is 4.79 Å². The number of carbonyl (C=O) groups excluding carboxylic acids is 1. The van der Waals surface area contributed by atoms with Crippen LogP contribution in [-0.2, 0) is 19.6 Å². The molecule has 6 heteroatoms. The Balaban J connectivity index is 1.61. The number of nitrogens with one attached hydrogen (secondary N) is 2. The Bertz CT molecular complexity index is 991. The fraction of sp³-hybridized carbons (Fsp3) is 0.350. The molecular weight excluding hydrogens is 328 g/mol. The Morgan fingerprint density at radius 2 is 2.08 bits per heavy atom. The highest BCUT2D eigenvalue weighted by molar-refractivity contribution is 6.06. The van der Waals surface area contributed by atoms with E-state index in [0.29, 0.717) is 23.2 Å². The molecule has 0 saturated heterocycles. The fourth-order valence-electron chi connectivity index (χ4n) is 3.41. The molecule has 0 unspecified atom stereocenters. The first kappa shape index (κ1) is 16.7. The van der Waals surface area contributed by atoms with Crippen molar-refractivity contribution in [1.29, 1.82) is 0 Å². The summed E-state index contributed by atoms with van der Waals surface area (Å²) in [7, 11) is 0. The zero-order valence-corrected chi connectivity index (χ0v) is 15.2. The van der Waals surface area contributed by atoms with Crippen molar-refractivity contribution in [3.8, 4) is 0 Å². The van der Waals surface area contributed by atoms with Gasteiger partial charge in [0.1, 0.15) is 0 Å². The van der Waals surface area contributed by atoms with Crippen LogP contribution < -0.4 is 10.6 Å². The Labute approximate surface area is 152 Å². The molecular formula is C20H22N4O2. The molecule has 0 spiro atoms. The SMILES string of the molecule is Cc1cc(C(=O)NCc2ccc3c(c2)CNC3)c2c(C(C)C)noc2n1. The highest BCUT2D eigenvalue weighted by Crippen LogP contribution is 2.27. The van der Waals surface area contributed by atoms with Crippen LogP contribution in [0.3, 0.4) is 0 Å². The van der Waals surface area contributed by atoms with Crippen molar-refractivity contribution in [2.75, 3.05) is 0 Å². The number of rotatable bonds is 4. The van der Waals surface area contributed by atoms with Gasteiger partial charge < -0.3 is 15.2 Å². The predicted molar refractivity (Wildman–Crippen MR) is 98.8 cm³/mol.